The molecule has 0 spiro atoms. The molecule has 0 bridgehead atoms. The van der Waals surface area contributed by atoms with E-state index in [1.165, 1.54) is 5.00 Å². The second kappa shape index (κ2) is 9.28. The van der Waals surface area contributed by atoms with E-state index in [-0.39, 0.29) is 5.54 Å². The van der Waals surface area contributed by atoms with Crippen molar-refractivity contribution in [1.82, 2.24) is 16.0 Å². The average molecular weight is 352 g/mol. The van der Waals surface area contributed by atoms with Crippen LogP contribution < -0.4 is 20.9 Å². The van der Waals surface area contributed by atoms with Crippen LogP contribution >= 0.6 is 11.3 Å². The van der Waals surface area contributed by atoms with Crippen LogP contribution in [-0.2, 0) is 0 Å². The summed E-state index contributed by atoms with van der Waals surface area (Å²) in [5, 5.41) is 14.0. The zero-order valence-electron chi connectivity index (χ0n) is 15.6. The number of nitrogens with zero attached hydrogens (tertiary/aromatic N) is 2. The quantitative estimate of drug-likeness (QED) is 0.419. The first kappa shape index (κ1) is 19.1. The van der Waals surface area contributed by atoms with E-state index < -0.39 is 0 Å². The van der Waals surface area contributed by atoms with Crippen LogP contribution in [-0.4, -0.2) is 50.3 Å². The molecule has 5 nitrogen and oxygen atoms in total. The number of nitrogens with one attached hydrogen (secondary N) is 3. The van der Waals surface area contributed by atoms with Crippen LogP contribution in [0.5, 0.6) is 0 Å². The van der Waals surface area contributed by atoms with E-state index in [9.17, 15) is 0 Å². The van der Waals surface area contributed by atoms with Crippen LogP contribution in [0.25, 0.3) is 0 Å². The summed E-state index contributed by atoms with van der Waals surface area (Å²) in [7, 11) is 0. The Morgan fingerprint density at radius 1 is 1.33 bits per heavy atom. The number of anilines is 1. The third kappa shape index (κ3) is 6.69. The molecular formula is C18H33N5S. The van der Waals surface area contributed by atoms with Crippen molar-refractivity contribution in [3.8, 4) is 0 Å². The average Bonchev–Trinajstić information content (AvgIpc) is 3.06. The highest BCUT2D eigenvalue weighted by Gasteiger charge is 2.20. The highest BCUT2D eigenvalue weighted by Crippen LogP contribution is 2.24. The van der Waals surface area contributed by atoms with Gasteiger partial charge in [0.25, 0.3) is 0 Å². The molecular weight excluding hydrogens is 318 g/mol. The van der Waals surface area contributed by atoms with E-state index in [4.69, 9.17) is 4.99 Å². The van der Waals surface area contributed by atoms with Crippen molar-refractivity contribution in [2.75, 3.05) is 37.6 Å². The van der Waals surface area contributed by atoms with E-state index in [0.29, 0.717) is 6.04 Å². The SMILES string of the molecule is CCNC(=NCCNC(C)(C)C)NC1CCN(c2cccs2)CC1. The number of hydrogen-bond donors (Lipinski definition) is 3. The molecule has 2 heterocycles. The molecule has 1 fully saturated rings. The summed E-state index contributed by atoms with van der Waals surface area (Å²) in [5.41, 5.74) is 0.149. The van der Waals surface area contributed by atoms with Crippen LogP contribution in [0.4, 0.5) is 5.00 Å². The third-order valence-electron chi connectivity index (χ3n) is 4.03. The van der Waals surface area contributed by atoms with Crippen molar-refractivity contribution in [2.45, 2.75) is 52.1 Å². The molecule has 0 aliphatic carbocycles. The van der Waals surface area contributed by atoms with Crippen LogP contribution in [0, 0.1) is 0 Å². The number of guanidine groups is 1. The van der Waals surface area contributed by atoms with Gasteiger partial charge in [0.15, 0.2) is 5.96 Å². The topological polar surface area (TPSA) is 51.7 Å². The standard InChI is InChI=1S/C18H33N5S/c1-5-19-17(20-10-11-21-18(2,3)4)22-15-8-12-23(13-9-15)16-7-6-14-24-16/h6-7,14-15,21H,5,8-13H2,1-4H3,(H2,19,20,22). The minimum Gasteiger partial charge on any atom is -0.363 e. The maximum atomic E-state index is 4.70. The largest absolute Gasteiger partial charge is 0.363 e. The second-order valence-corrected chi connectivity index (χ2v) is 8.22. The Balaban J connectivity index is 1.76. The molecule has 2 rings (SSSR count). The van der Waals surface area contributed by atoms with Gasteiger partial charge in [0.05, 0.1) is 11.5 Å². The van der Waals surface area contributed by atoms with Gasteiger partial charge in [0.2, 0.25) is 0 Å². The summed E-state index contributed by atoms with van der Waals surface area (Å²) < 4.78 is 0. The fourth-order valence-corrected chi connectivity index (χ4v) is 3.59. The lowest BCUT2D eigenvalue weighted by Crippen LogP contribution is -2.49. The number of hydrogen-bond acceptors (Lipinski definition) is 4. The minimum absolute atomic E-state index is 0.149. The number of piperidine rings is 1. The zero-order valence-corrected chi connectivity index (χ0v) is 16.4. The Labute approximate surface area is 150 Å². The second-order valence-electron chi connectivity index (χ2n) is 7.29. The molecule has 6 heteroatoms. The molecule has 0 saturated carbocycles. The number of aliphatic imine (C=N–C) groups is 1. The molecule has 3 N–H and O–H groups in total. The summed E-state index contributed by atoms with van der Waals surface area (Å²) >= 11 is 1.83. The van der Waals surface area contributed by atoms with Gasteiger partial charge in [0, 0.05) is 37.8 Å². The van der Waals surface area contributed by atoms with Gasteiger partial charge in [-0.05, 0) is 58.0 Å². The Kier molecular flexibility index (Phi) is 7.37. The van der Waals surface area contributed by atoms with E-state index in [1.807, 2.05) is 11.3 Å². The first-order valence-electron chi connectivity index (χ1n) is 9.06. The lowest BCUT2D eigenvalue weighted by atomic mass is 10.1. The zero-order chi connectivity index (χ0) is 17.4. The van der Waals surface area contributed by atoms with Crippen LogP contribution in [0.3, 0.4) is 0 Å². The monoisotopic (exact) mass is 351 g/mol. The van der Waals surface area contributed by atoms with Gasteiger partial charge in [-0.1, -0.05) is 0 Å². The highest BCUT2D eigenvalue weighted by molar-refractivity contribution is 7.14. The molecule has 1 aliphatic heterocycles. The van der Waals surface area contributed by atoms with Crippen molar-refractivity contribution in [3.63, 3.8) is 0 Å². The predicted molar refractivity (Wildman–Crippen MR) is 106 cm³/mol. The van der Waals surface area contributed by atoms with Gasteiger partial charge in [0.1, 0.15) is 0 Å². The third-order valence-corrected chi connectivity index (χ3v) is 4.96. The van der Waals surface area contributed by atoms with Gasteiger partial charge in [-0.2, -0.15) is 0 Å². The lowest BCUT2D eigenvalue weighted by molar-refractivity contribution is 0.431. The Bertz CT molecular complexity index is 484. The van der Waals surface area contributed by atoms with Crippen molar-refractivity contribution in [3.05, 3.63) is 17.5 Å². The smallest absolute Gasteiger partial charge is 0.191 e. The molecule has 24 heavy (non-hydrogen) atoms. The lowest BCUT2D eigenvalue weighted by Gasteiger charge is -2.33. The minimum atomic E-state index is 0.149. The summed E-state index contributed by atoms with van der Waals surface area (Å²) in [6, 6.07) is 4.85. The van der Waals surface area contributed by atoms with Gasteiger partial charge < -0.3 is 20.9 Å². The molecule has 0 unspecified atom stereocenters. The molecule has 1 aliphatic rings. The van der Waals surface area contributed by atoms with Gasteiger partial charge >= 0.3 is 0 Å². The summed E-state index contributed by atoms with van der Waals surface area (Å²) in [4.78, 5) is 7.19. The molecule has 1 saturated heterocycles. The Hall–Kier alpha value is -1.27. The van der Waals surface area contributed by atoms with Gasteiger partial charge in [-0.25, -0.2) is 0 Å². The fraction of sp³-hybridized carbons (Fsp3) is 0.722. The summed E-state index contributed by atoms with van der Waals surface area (Å²) in [6.07, 6.45) is 2.31. The first-order valence-corrected chi connectivity index (χ1v) is 9.94. The summed E-state index contributed by atoms with van der Waals surface area (Å²) in [5.74, 6) is 0.947. The molecule has 1 aromatic heterocycles. The molecule has 0 amide bonds. The Morgan fingerprint density at radius 3 is 2.67 bits per heavy atom. The predicted octanol–water partition coefficient (Wildman–Crippen LogP) is 2.66. The van der Waals surface area contributed by atoms with E-state index in [1.54, 1.807) is 0 Å². The van der Waals surface area contributed by atoms with E-state index >= 15 is 0 Å². The maximum Gasteiger partial charge on any atom is 0.191 e. The fourth-order valence-electron chi connectivity index (χ4n) is 2.81. The summed E-state index contributed by atoms with van der Waals surface area (Å²) in [6.45, 7) is 13.5. The van der Waals surface area contributed by atoms with E-state index in [2.05, 4.69) is 66.1 Å². The number of rotatable bonds is 6. The highest BCUT2D eigenvalue weighted by atomic mass is 32.1. The molecule has 136 valence electrons. The molecule has 0 radical (unpaired) electrons. The van der Waals surface area contributed by atoms with Crippen molar-refractivity contribution >= 4 is 22.3 Å². The van der Waals surface area contributed by atoms with E-state index in [0.717, 1.165) is 51.5 Å². The van der Waals surface area contributed by atoms with Crippen LogP contribution in [0.1, 0.15) is 40.5 Å². The van der Waals surface area contributed by atoms with Crippen LogP contribution in [0.15, 0.2) is 22.5 Å². The first-order chi connectivity index (χ1) is 11.5. The normalized spacial score (nSPS) is 17.2. The van der Waals surface area contributed by atoms with Gasteiger partial charge in [-0.3, -0.25) is 4.99 Å². The molecule has 0 aromatic carbocycles. The maximum absolute atomic E-state index is 4.70. The Morgan fingerprint density at radius 2 is 2.08 bits per heavy atom. The molecule has 0 atom stereocenters. The van der Waals surface area contributed by atoms with Gasteiger partial charge in [-0.15, -0.1) is 11.3 Å². The van der Waals surface area contributed by atoms with Crippen molar-refractivity contribution < 1.29 is 0 Å². The van der Waals surface area contributed by atoms with Crippen molar-refractivity contribution in [1.29, 1.82) is 0 Å². The van der Waals surface area contributed by atoms with Crippen molar-refractivity contribution in [2.24, 2.45) is 4.99 Å². The molecule has 1 aromatic rings. The number of thiophene rings is 1. The van der Waals surface area contributed by atoms with Crippen LogP contribution in [0.2, 0.25) is 0 Å².